The van der Waals surface area contributed by atoms with E-state index in [4.69, 9.17) is 9.47 Å². The number of nitrogens with one attached hydrogen (secondary N) is 1. The zero-order valence-corrected chi connectivity index (χ0v) is 17.3. The van der Waals surface area contributed by atoms with E-state index in [2.05, 4.69) is 58.5 Å². The molecule has 0 bridgehead atoms. The standard InChI is InChI=1S/C22H28BrNO2/c1-3-25-21-12-18(14-24-19-9-4-5-10-19)20(23)13-22(21)26-15-17-8-6-7-16(2)11-17/h6-8,11-13,19,24H,3-5,9-10,14-15H2,1-2H3. The Morgan fingerprint density at radius 3 is 2.58 bits per heavy atom. The van der Waals surface area contributed by atoms with Crippen molar-refractivity contribution in [1.29, 1.82) is 0 Å². The molecule has 0 saturated heterocycles. The van der Waals surface area contributed by atoms with E-state index in [1.165, 1.54) is 36.8 Å². The molecule has 1 N–H and O–H groups in total. The lowest BCUT2D eigenvalue weighted by Crippen LogP contribution is -2.25. The topological polar surface area (TPSA) is 30.5 Å². The number of benzene rings is 2. The summed E-state index contributed by atoms with van der Waals surface area (Å²) in [4.78, 5) is 0. The van der Waals surface area contributed by atoms with Gasteiger partial charge in [0.2, 0.25) is 0 Å². The van der Waals surface area contributed by atoms with Crippen LogP contribution < -0.4 is 14.8 Å². The zero-order chi connectivity index (χ0) is 18.4. The fraction of sp³-hybridized carbons (Fsp3) is 0.455. The molecule has 1 aliphatic carbocycles. The SMILES string of the molecule is CCOc1cc(CNC2CCCC2)c(Br)cc1OCc1cccc(C)c1. The van der Waals surface area contributed by atoms with Gasteiger partial charge in [0.05, 0.1) is 6.61 Å². The molecule has 0 aliphatic heterocycles. The summed E-state index contributed by atoms with van der Waals surface area (Å²) in [6, 6.07) is 13.2. The van der Waals surface area contributed by atoms with E-state index < -0.39 is 0 Å². The second kappa shape index (κ2) is 9.43. The summed E-state index contributed by atoms with van der Waals surface area (Å²) < 4.78 is 13.0. The third-order valence-electron chi connectivity index (χ3n) is 4.83. The molecule has 0 amide bonds. The van der Waals surface area contributed by atoms with Crippen molar-refractivity contribution in [2.24, 2.45) is 0 Å². The quantitative estimate of drug-likeness (QED) is 0.591. The van der Waals surface area contributed by atoms with Crippen LogP contribution in [0.2, 0.25) is 0 Å². The maximum atomic E-state index is 6.07. The highest BCUT2D eigenvalue weighted by atomic mass is 79.9. The lowest BCUT2D eigenvalue weighted by atomic mass is 10.1. The highest BCUT2D eigenvalue weighted by Gasteiger charge is 2.16. The van der Waals surface area contributed by atoms with Gasteiger partial charge in [0.1, 0.15) is 6.61 Å². The van der Waals surface area contributed by atoms with Gasteiger partial charge >= 0.3 is 0 Å². The van der Waals surface area contributed by atoms with E-state index in [1.807, 2.05) is 13.0 Å². The summed E-state index contributed by atoms with van der Waals surface area (Å²) in [7, 11) is 0. The van der Waals surface area contributed by atoms with Gasteiger partial charge < -0.3 is 14.8 Å². The monoisotopic (exact) mass is 417 g/mol. The molecule has 3 nitrogen and oxygen atoms in total. The molecule has 2 aromatic carbocycles. The van der Waals surface area contributed by atoms with Crippen LogP contribution in [-0.4, -0.2) is 12.6 Å². The average molecular weight is 418 g/mol. The summed E-state index contributed by atoms with van der Waals surface area (Å²) >= 11 is 3.70. The van der Waals surface area contributed by atoms with Crippen LogP contribution in [0.25, 0.3) is 0 Å². The van der Waals surface area contributed by atoms with E-state index in [1.54, 1.807) is 0 Å². The second-order valence-corrected chi connectivity index (χ2v) is 7.82. The van der Waals surface area contributed by atoms with Gasteiger partial charge in [0, 0.05) is 17.1 Å². The fourth-order valence-corrected chi connectivity index (χ4v) is 3.90. The largest absolute Gasteiger partial charge is 0.490 e. The Balaban J connectivity index is 1.70. The molecule has 0 unspecified atom stereocenters. The van der Waals surface area contributed by atoms with Gasteiger partial charge in [-0.3, -0.25) is 0 Å². The molecule has 0 spiro atoms. The van der Waals surface area contributed by atoms with Crippen LogP contribution in [0.5, 0.6) is 11.5 Å². The number of hydrogen-bond donors (Lipinski definition) is 1. The molecule has 3 rings (SSSR count). The molecule has 26 heavy (non-hydrogen) atoms. The van der Waals surface area contributed by atoms with Crippen molar-refractivity contribution in [2.75, 3.05) is 6.61 Å². The number of halogens is 1. The Labute approximate surface area is 165 Å². The van der Waals surface area contributed by atoms with E-state index in [0.717, 1.165) is 28.1 Å². The summed E-state index contributed by atoms with van der Waals surface area (Å²) in [5, 5.41) is 3.67. The van der Waals surface area contributed by atoms with Crippen molar-refractivity contribution >= 4 is 15.9 Å². The van der Waals surface area contributed by atoms with Crippen LogP contribution in [0.3, 0.4) is 0 Å². The van der Waals surface area contributed by atoms with E-state index in [-0.39, 0.29) is 0 Å². The summed E-state index contributed by atoms with van der Waals surface area (Å²) in [5.41, 5.74) is 3.62. The summed E-state index contributed by atoms with van der Waals surface area (Å²) in [6.07, 6.45) is 5.25. The van der Waals surface area contributed by atoms with E-state index in [9.17, 15) is 0 Å². The van der Waals surface area contributed by atoms with Gasteiger partial charge in [0.25, 0.3) is 0 Å². The maximum Gasteiger partial charge on any atom is 0.162 e. The zero-order valence-electron chi connectivity index (χ0n) is 15.7. The van der Waals surface area contributed by atoms with Gasteiger partial charge in [-0.2, -0.15) is 0 Å². The van der Waals surface area contributed by atoms with Crippen LogP contribution >= 0.6 is 15.9 Å². The summed E-state index contributed by atoms with van der Waals surface area (Å²) in [6.45, 7) is 6.11. The predicted molar refractivity (Wildman–Crippen MR) is 110 cm³/mol. The lowest BCUT2D eigenvalue weighted by molar-refractivity contribution is 0.268. The molecule has 1 fully saturated rings. The van der Waals surface area contributed by atoms with Crippen LogP contribution in [-0.2, 0) is 13.2 Å². The van der Waals surface area contributed by atoms with Crippen molar-refractivity contribution in [2.45, 2.75) is 58.7 Å². The number of aryl methyl sites for hydroxylation is 1. The number of hydrogen-bond acceptors (Lipinski definition) is 3. The molecular formula is C22H28BrNO2. The lowest BCUT2D eigenvalue weighted by Gasteiger charge is -2.17. The molecule has 0 aromatic heterocycles. The van der Waals surface area contributed by atoms with Crippen molar-refractivity contribution in [1.82, 2.24) is 5.32 Å². The van der Waals surface area contributed by atoms with Crippen LogP contribution in [0.15, 0.2) is 40.9 Å². The Kier molecular flexibility index (Phi) is 6.98. The minimum absolute atomic E-state index is 0.536. The van der Waals surface area contributed by atoms with Crippen LogP contribution in [0.1, 0.15) is 49.3 Å². The Bertz CT molecular complexity index is 726. The van der Waals surface area contributed by atoms with Gasteiger partial charge in [-0.25, -0.2) is 0 Å². The molecule has 1 aliphatic rings. The van der Waals surface area contributed by atoms with Crippen molar-refractivity contribution in [3.63, 3.8) is 0 Å². The molecule has 1 saturated carbocycles. The second-order valence-electron chi connectivity index (χ2n) is 6.96. The smallest absolute Gasteiger partial charge is 0.162 e. The molecule has 140 valence electrons. The predicted octanol–water partition coefficient (Wildman–Crippen LogP) is 5.77. The third-order valence-corrected chi connectivity index (χ3v) is 5.56. The molecule has 4 heteroatoms. The minimum atomic E-state index is 0.536. The Hall–Kier alpha value is -1.52. The summed E-state index contributed by atoms with van der Waals surface area (Å²) in [5.74, 6) is 1.59. The first-order chi connectivity index (χ1) is 12.7. The Morgan fingerprint density at radius 1 is 1.08 bits per heavy atom. The van der Waals surface area contributed by atoms with Gasteiger partial charge in [0.15, 0.2) is 11.5 Å². The molecule has 0 radical (unpaired) electrons. The Morgan fingerprint density at radius 2 is 1.85 bits per heavy atom. The van der Waals surface area contributed by atoms with Crippen molar-refractivity contribution in [3.8, 4) is 11.5 Å². The van der Waals surface area contributed by atoms with E-state index >= 15 is 0 Å². The number of ether oxygens (including phenoxy) is 2. The van der Waals surface area contributed by atoms with Gasteiger partial charge in [-0.1, -0.05) is 58.6 Å². The van der Waals surface area contributed by atoms with Crippen molar-refractivity contribution < 1.29 is 9.47 Å². The van der Waals surface area contributed by atoms with Crippen LogP contribution in [0, 0.1) is 6.92 Å². The van der Waals surface area contributed by atoms with E-state index in [0.29, 0.717) is 19.3 Å². The minimum Gasteiger partial charge on any atom is -0.490 e. The molecule has 0 atom stereocenters. The highest BCUT2D eigenvalue weighted by Crippen LogP contribution is 2.34. The van der Waals surface area contributed by atoms with Gasteiger partial charge in [-0.05, 0) is 49.9 Å². The number of rotatable bonds is 8. The van der Waals surface area contributed by atoms with Crippen LogP contribution in [0.4, 0.5) is 0 Å². The normalized spacial score (nSPS) is 14.6. The molecule has 0 heterocycles. The first kappa shape index (κ1) is 19.2. The third kappa shape index (κ3) is 5.24. The molecule has 2 aromatic rings. The van der Waals surface area contributed by atoms with Crippen molar-refractivity contribution in [3.05, 3.63) is 57.6 Å². The maximum absolute atomic E-state index is 6.07. The first-order valence-corrected chi connectivity index (χ1v) is 10.3. The average Bonchev–Trinajstić information content (AvgIpc) is 3.14. The first-order valence-electron chi connectivity index (χ1n) is 9.52. The van der Waals surface area contributed by atoms with Gasteiger partial charge in [-0.15, -0.1) is 0 Å². The highest BCUT2D eigenvalue weighted by molar-refractivity contribution is 9.10. The fourth-order valence-electron chi connectivity index (χ4n) is 3.44. The molecular weight excluding hydrogens is 390 g/mol.